The minimum atomic E-state index is 0.531. The van der Waals surface area contributed by atoms with Crippen LogP contribution in [0.25, 0.3) is 0 Å². The van der Waals surface area contributed by atoms with Crippen molar-refractivity contribution in [1.29, 1.82) is 0 Å². The first-order chi connectivity index (χ1) is 10.1. The quantitative estimate of drug-likeness (QED) is 0.817. The predicted octanol–water partition coefficient (Wildman–Crippen LogP) is 4.06. The zero-order chi connectivity index (χ0) is 15.2. The highest BCUT2D eigenvalue weighted by Gasteiger charge is 2.05. The van der Waals surface area contributed by atoms with Gasteiger partial charge in [-0.25, -0.2) is 4.98 Å². The van der Waals surface area contributed by atoms with Gasteiger partial charge in [0.25, 0.3) is 0 Å². The van der Waals surface area contributed by atoms with Crippen molar-refractivity contribution >= 4 is 17.3 Å². The van der Waals surface area contributed by atoms with Crippen molar-refractivity contribution in [3.63, 3.8) is 0 Å². The first-order valence-electron chi connectivity index (χ1n) is 6.79. The van der Waals surface area contributed by atoms with E-state index in [0.717, 1.165) is 28.3 Å². The Hall–Kier alpha value is -1.94. The summed E-state index contributed by atoms with van der Waals surface area (Å²) < 4.78 is 10.8. The molecular formula is C16H19ClN2O2. The highest BCUT2D eigenvalue weighted by Crippen LogP contribution is 2.28. The van der Waals surface area contributed by atoms with Gasteiger partial charge in [-0.05, 0) is 43.2 Å². The van der Waals surface area contributed by atoms with Gasteiger partial charge >= 0.3 is 0 Å². The molecule has 21 heavy (non-hydrogen) atoms. The van der Waals surface area contributed by atoms with Crippen molar-refractivity contribution in [3.8, 4) is 11.5 Å². The van der Waals surface area contributed by atoms with Crippen LogP contribution in [0.2, 0.25) is 5.15 Å². The fourth-order valence-corrected chi connectivity index (χ4v) is 2.06. The summed E-state index contributed by atoms with van der Waals surface area (Å²) in [5.74, 6) is 1.49. The van der Waals surface area contributed by atoms with Crippen molar-refractivity contribution in [2.45, 2.75) is 20.4 Å². The number of ether oxygens (including phenoxy) is 2. The SMILES string of the molecule is CCOc1ccc(CNc2cnc(Cl)c(C)c2)cc1OC. The number of nitrogens with zero attached hydrogens (tertiary/aromatic N) is 1. The highest BCUT2D eigenvalue weighted by molar-refractivity contribution is 6.30. The lowest BCUT2D eigenvalue weighted by Crippen LogP contribution is -2.02. The lowest BCUT2D eigenvalue weighted by Gasteiger charge is -2.12. The molecule has 0 saturated heterocycles. The molecule has 5 heteroatoms. The molecular weight excluding hydrogens is 288 g/mol. The van der Waals surface area contributed by atoms with E-state index in [1.54, 1.807) is 13.3 Å². The fraction of sp³-hybridized carbons (Fsp3) is 0.312. The Balaban J connectivity index is 2.07. The molecule has 0 saturated carbocycles. The van der Waals surface area contributed by atoms with Crippen LogP contribution in [-0.2, 0) is 6.54 Å². The number of nitrogens with one attached hydrogen (secondary N) is 1. The van der Waals surface area contributed by atoms with Crippen LogP contribution in [0, 0.1) is 6.92 Å². The van der Waals surface area contributed by atoms with Gasteiger partial charge in [0.1, 0.15) is 5.15 Å². The summed E-state index contributed by atoms with van der Waals surface area (Å²) in [5.41, 5.74) is 2.98. The van der Waals surface area contributed by atoms with Crippen LogP contribution in [0.1, 0.15) is 18.1 Å². The lowest BCUT2D eigenvalue weighted by molar-refractivity contribution is 0.310. The standard InChI is InChI=1S/C16H19ClN2O2/c1-4-21-14-6-5-12(8-15(14)20-3)9-18-13-7-11(2)16(17)19-10-13/h5-8,10,18H,4,9H2,1-3H3. The number of benzene rings is 1. The van der Waals surface area contributed by atoms with Gasteiger partial charge in [-0.3, -0.25) is 0 Å². The van der Waals surface area contributed by atoms with Crippen LogP contribution < -0.4 is 14.8 Å². The number of hydrogen-bond donors (Lipinski definition) is 1. The molecule has 1 N–H and O–H groups in total. The zero-order valence-corrected chi connectivity index (χ0v) is 13.2. The summed E-state index contributed by atoms with van der Waals surface area (Å²) in [7, 11) is 1.64. The molecule has 0 aliphatic heterocycles. The zero-order valence-electron chi connectivity index (χ0n) is 12.4. The Kier molecular flexibility index (Phi) is 5.28. The van der Waals surface area contributed by atoms with Crippen LogP contribution in [0.3, 0.4) is 0 Å². The van der Waals surface area contributed by atoms with Gasteiger partial charge in [0.15, 0.2) is 11.5 Å². The molecule has 0 aliphatic rings. The Bertz CT molecular complexity index is 617. The monoisotopic (exact) mass is 306 g/mol. The molecule has 1 aromatic carbocycles. The van der Waals surface area contributed by atoms with E-state index in [2.05, 4.69) is 10.3 Å². The van der Waals surface area contributed by atoms with Gasteiger partial charge in [0, 0.05) is 6.54 Å². The van der Waals surface area contributed by atoms with Crippen molar-refractivity contribution in [2.75, 3.05) is 19.0 Å². The van der Waals surface area contributed by atoms with E-state index in [9.17, 15) is 0 Å². The van der Waals surface area contributed by atoms with E-state index in [1.807, 2.05) is 38.1 Å². The van der Waals surface area contributed by atoms with Gasteiger partial charge in [-0.2, -0.15) is 0 Å². The maximum absolute atomic E-state index is 5.92. The molecule has 0 bridgehead atoms. The number of halogens is 1. The minimum absolute atomic E-state index is 0.531. The van der Waals surface area contributed by atoms with Gasteiger partial charge in [0.2, 0.25) is 0 Å². The summed E-state index contributed by atoms with van der Waals surface area (Å²) in [6.45, 7) is 5.17. The van der Waals surface area contributed by atoms with E-state index >= 15 is 0 Å². The van der Waals surface area contributed by atoms with E-state index in [4.69, 9.17) is 21.1 Å². The molecule has 0 radical (unpaired) electrons. The van der Waals surface area contributed by atoms with Crippen LogP contribution in [0.15, 0.2) is 30.5 Å². The van der Waals surface area contributed by atoms with E-state index < -0.39 is 0 Å². The van der Waals surface area contributed by atoms with Gasteiger partial charge in [0.05, 0.1) is 25.6 Å². The van der Waals surface area contributed by atoms with E-state index in [-0.39, 0.29) is 0 Å². The number of methoxy groups -OCH3 is 1. The topological polar surface area (TPSA) is 43.4 Å². The third kappa shape index (κ3) is 4.02. The summed E-state index contributed by atoms with van der Waals surface area (Å²) in [5, 5.41) is 3.85. The molecule has 1 aromatic heterocycles. The molecule has 0 aliphatic carbocycles. The first kappa shape index (κ1) is 15.4. The Morgan fingerprint density at radius 1 is 1.24 bits per heavy atom. The molecule has 2 rings (SSSR count). The van der Waals surface area contributed by atoms with E-state index in [0.29, 0.717) is 18.3 Å². The molecule has 2 aromatic rings. The molecule has 1 heterocycles. The maximum Gasteiger partial charge on any atom is 0.161 e. The number of hydrogen-bond acceptors (Lipinski definition) is 4. The molecule has 0 spiro atoms. The molecule has 0 atom stereocenters. The third-order valence-corrected chi connectivity index (χ3v) is 3.43. The lowest BCUT2D eigenvalue weighted by atomic mass is 10.2. The van der Waals surface area contributed by atoms with Gasteiger partial charge in [-0.1, -0.05) is 17.7 Å². The summed E-state index contributed by atoms with van der Waals surface area (Å²) in [6.07, 6.45) is 1.72. The number of aromatic nitrogens is 1. The van der Waals surface area contributed by atoms with Crippen LogP contribution in [-0.4, -0.2) is 18.7 Å². The van der Waals surface area contributed by atoms with Crippen LogP contribution in [0.4, 0.5) is 5.69 Å². The Morgan fingerprint density at radius 2 is 2.05 bits per heavy atom. The average molecular weight is 307 g/mol. The number of rotatable bonds is 6. The Morgan fingerprint density at radius 3 is 2.71 bits per heavy atom. The first-order valence-corrected chi connectivity index (χ1v) is 7.17. The average Bonchev–Trinajstić information content (AvgIpc) is 2.49. The van der Waals surface area contributed by atoms with Gasteiger partial charge < -0.3 is 14.8 Å². The largest absolute Gasteiger partial charge is 0.493 e. The number of pyridine rings is 1. The maximum atomic E-state index is 5.92. The highest BCUT2D eigenvalue weighted by atomic mass is 35.5. The number of aryl methyl sites for hydroxylation is 1. The normalized spacial score (nSPS) is 10.3. The molecule has 0 amide bonds. The molecule has 0 fully saturated rings. The van der Waals surface area contributed by atoms with Crippen molar-refractivity contribution in [2.24, 2.45) is 0 Å². The van der Waals surface area contributed by atoms with Crippen LogP contribution >= 0.6 is 11.6 Å². The fourth-order valence-electron chi connectivity index (χ4n) is 1.96. The third-order valence-electron chi connectivity index (χ3n) is 3.04. The second-order valence-corrected chi connectivity index (χ2v) is 4.96. The summed E-state index contributed by atoms with van der Waals surface area (Å²) >= 11 is 5.92. The second kappa shape index (κ2) is 7.18. The molecule has 0 unspecified atom stereocenters. The smallest absolute Gasteiger partial charge is 0.161 e. The van der Waals surface area contributed by atoms with E-state index in [1.165, 1.54) is 0 Å². The molecule has 4 nitrogen and oxygen atoms in total. The number of anilines is 1. The predicted molar refractivity (Wildman–Crippen MR) is 85.5 cm³/mol. The molecule has 112 valence electrons. The summed E-state index contributed by atoms with van der Waals surface area (Å²) in [6, 6.07) is 7.87. The van der Waals surface area contributed by atoms with Gasteiger partial charge in [-0.15, -0.1) is 0 Å². The van der Waals surface area contributed by atoms with Crippen molar-refractivity contribution < 1.29 is 9.47 Å². The van der Waals surface area contributed by atoms with Crippen molar-refractivity contribution in [1.82, 2.24) is 4.98 Å². The van der Waals surface area contributed by atoms with Crippen LogP contribution in [0.5, 0.6) is 11.5 Å². The Labute approximate surface area is 130 Å². The van der Waals surface area contributed by atoms with Crippen molar-refractivity contribution in [3.05, 3.63) is 46.7 Å². The minimum Gasteiger partial charge on any atom is -0.493 e. The second-order valence-electron chi connectivity index (χ2n) is 4.60. The summed E-state index contributed by atoms with van der Waals surface area (Å²) in [4.78, 5) is 4.12.